The van der Waals surface area contributed by atoms with Gasteiger partial charge in [-0.25, -0.2) is 0 Å². The summed E-state index contributed by atoms with van der Waals surface area (Å²) in [5.41, 5.74) is 1.72. The highest BCUT2D eigenvalue weighted by molar-refractivity contribution is 5.94. The van der Waals surface area contributed by atoms with Crippen molar-refractivity contribution in [2.75, 3.05) is 13.1 Å². The number of benzene rings is 1. The van der Waals surface area contributed by atoms with Gasteiger partial charge in [0.05, 0.1) is 0 Å². The molecule has 4 nitrogen and oxygen atoms in total. The lowest BCUT2D eigenvalue weighted by Crippen LogP contribution is -2.28. The molecule has 1 N–H and O–H groups in total. The molecule has 2 aliphatic rings. The number of carbonyl (C=O) groups excluding carboxylic acids is 2. The zero-order valence-corrected chi connectivity index (χ0v) is 11.6. The molecule has 1 saturated carbocycles. The van der Waals surface area contributed by atoms with E-state index in [4.69, 9.17) is 0 Å². The van der Waals surface area contributed by atoms with Gasteiger partial charge in [0.25, 0.3) is 5.91 Å². The molecular formula is C16H20N2O2. The van der Waals surface area contributed by atoms with E-state index in [-0.39, 0.29) is 17.7 Å². The number of nitrogens with zero attached hydrogens (tertiary/aromatic N) is 1. The highest BCUT2D eigenvalue weighted by Gasteiger charge is 2.29. The summed E-state index contributed by atoms with van der Waals surface area (Å²) < 4.78 is 0. The van der Waals surface area contributed by atoms with Gasteiger partial charge in [0.15, 0.2) is 0 Å². The number of nitrogens with one attached hydrogen (secondary N) is 1. The lowest BCUT2D eigenvalue weighted by Gasteiger charge is -2.15. The largest absolute Gasteiger partial charge is 0.352 e. The first kappa shape index (κ1) is 13.2. The predicted molar refractivity (Wildman–Crippen MR) is 76.2 cm³/mol. The van der Waals surface area contributed by atoms with Gasteiger partial charge in [-0.3, -0.25) is 9.59 Å². The van der Waals surface area contributed by atoms with E-state index in [1.165, 1.54) is 0 Å². The maximum atomic E-state index is 12.3. The van der Waals surface area contributed by atoms with Crippen LogP contribution in [0, 0.1) is 5.92 Å². The van der Waals surface area contributed by atoms with E-state index in [2.05, 4.69) is 5.32 Å². The van der Waals surface area contributed by atoms with Crippen LogP contribution in [0.5, 0.6) is 0 Å². The lowest BCUT2D eigenvalue weighted by molar-refractivity contribution is -0.122. The topological polar surface area (TPSA) is 49.4 Å². The van der Waals surface area contributed by atoms with Crippen molar-refractivity contribution >= 4 is 11.8 Å². The Balaban J connectivity index is 1.62. The first-order valence-electron chi connectivity index (χ1n) is 7.40. The van der Waals surface area contributed by atoms with Gasteiger partial charge in [0.1, 0.15) is 0 Å². The van der Waals surface area contributed by atoms with Crippen LogP contribution in [0.2, 0.25) is 0 Å². The van der Waals surface area contributed by atoms with Gasteiger partial charge in [0, 0.05) is 31.1 Å². The fourth-order valence-corrected chi connectivity index (χ4v) is 2.60. The van der Waals surface area contributed by atoms with Gasteiger partial charge in [-0.15, -0.1) is 0 Å². The molecule has 1 aliphatic carbocycles. The van der Waals surface area contributed by atoms with Crippen LogP contribution in [-0.4, -0.2) is 29.8 Å². The van der Waals surface area contributed by atoms with Crippen molar-refractivity contribution < 1.29 is 9.59 Å². The minimum Gasteiger partial charge on any atom is -0.352 e. The molecular weight excluding hydrogens is 252 g/mol. The fraction of sp³-hybridized carbons (Fsp3) is 0.500. The minimum absolute atomic E-state index is 0.109. The second-order valence-corrected chi connectivity index (χ2v) is 5.69. The molecule has 0 aromatic heterocycles. The summed E-state index contributed by atoms with van der Waals surface area (Å²) in [4.78, 5) is 25.8. The number of likely N-dealkylation sites (tertiary alicyclic amines) is 1. The predicted octanol–water partition coefficient (Wildman–Crippen LogP) is 1.95. The van der Waals surface area contributed by atoms with Crippen LogP contribution in [-0.2, 0) is 11.3 Å². The van der Waals surface area contributed by atoms with Gasteiger partial charge in [-0.05, 0) is 43.4 Å². The summed E-state index contributed by atoms with van der Waals surface area (Å²) >= 11 is 0. The second kappa shape index (κ2) is 5.65. The molecule has 106 valence electrons. The first-order chi connectivity index (χ1) is 9.74. The van der Waals surface area contributed by atoms with Crippen molar-refractivity contribution in [2.24, 2.45) is 5.92 Å². The molecule has 0 unspecified atom stereocenters. The molecule has 0 radical (unpaired) electrons. The van der Waals surface area contributed by atoms with Crippen molar-refractivity contribution in [1.29, 1.82) is 0 Å². The van der Waals surface area contributed by atoms with Gasteiger partial charge in [0.2, 0.25) is 5.91 Å². The Bertz CT molecular complexity index is 517. The fourth-order valence-electron chi connectivity index (χ4n) is 2.60. The third kappa shape index (κ3) is 3.00. The Hall–Kier alpha value is -1.84. The number of hydrogen-bond acceptors (Lipinski definition) is 2. The minimum atomic E-state index is 0.109. The maximum Gasteiger partial charge on any atom is 0.253 e. The van der Waals surface area contributed by atoms with E-state index in [0.717, 1.165) is 49.9 Å². The lowest BCUT2D eigenvalue weighted by atomic mass is 10.1. The average molecular weight is 272 g/mol. The normalized spacial score (nSPS) is 18.1. The summed E-state index contributed by atoms with van der Waals surface area (Å²) in [5, 5.41) is 2.93. The molecule has 0 atom stereocenters. The number of carbonyl (C=O) groups is 2. The average Bonchev–Trinajstić information content (AvgIpc) is 3.19. The molecule has 1 aliphatic heterocycles. The van der Waals surface area contributed by atoms with Gasteiger partial charge >= 0.3 is 0 Å². The molecule has 2 fully saturated rings. The third-order valence-corrected chi connectivity index (χ3v) is 3.98. The monoisotopic (exact) mass is 272 g/mol. The van der Waals surface area contributed by atoms with Crippen LogP contribution in [0.15, 0.2) is 24.3 Å². The standard InChI is InChI=1S/C16H20N2O2/c19-15(13-6-7-13)17-11-12-4-3-5-14(10-12)16(20)18-8-1-2-9-18/h3-5,10,13H,1-2,6-9,11H2,(H,17,19). The van der Waals surface area contributed by atoms with Crippen LogP contribution < -0.4 is 5.32 Å². The molecule has 2 amide bonds. The van der Waals surface area contributed by atoms with Gasteiger partial charge in [-0.2, -0.15) is 0 Å². The Kier molecular flexibility index (Phi) is 3.72. The summed E-state index contributed by atoms with van der Waals surface area (Å²) in [5.74, 6) is 0.476. The Morgan fingerprint density at radius 3 is 2.65 bits per heavy atom. The molecule has 1 aromatic carbocycles. The third-order valence-electron chi connectivity index (χ3n) is 3.98. The van der Waals surface area contributed by atoms with Crippen molar-refractivity contribution in [1.82, 2.24) is 10.2 Å². The Morgan fingerprint density at radius 2 is 1.95 bits per heavy atom. The molecule has 20 heavy (non-hydrogen) atoms. The van der Waals surface area contributed by atoms with Crippen LogP contribution in [0.25, 0.3) is 0 Å². The second-order valence-electron chi connectivity index (χ2n) is 5.69. The van der Waals surface area contributed by atoms with E-state index >= 15 is 0 Å². The molecule has 1 heterocycles. The van der Waals surface area contributed by atoms with Crippen molar-refractivity contribution in [3.05, 3.63) is 35.4 Å². The van der Waals surface area contributed by atoms with E-state index in [1.54, 1.807) is 0 Å². The Labute approximate surface area is 119 Å². The summed E-state index contributed by atoms with van der Waals surface area (Å²) in [6.07, 6.45) is 4.23. The highest BCUT2D eigenvalue weighted by Crippen LogP contribution is 2.28. The molecule has 0 spiro atoms. The summed E-state index contributed by atoms with van der Waals surface area (Å²) in [6, 6.07) is 7.59. The SMILES string of the molecule is O=C(NCc1cccc(C(=O)N2CCCC2)c1)C1CC1. The van der Waals surface area contributed by atoms with Crippen molar-refractivity contribution in [2.45, 2.75) is 32.2 Å². The summed E-state index contributed by atoms with van der Waals surface area (Å²) in [7, 11) is 0. The first-order valence-corrected chi connectivity index (χ1v) is 7.40. The summed E-state index contributed by atoms with van der Waals surface area (Å²) in [6.45, 7) is 2.24. The van der Waals surface area contributed by atoms with Crippen LogP contribution in [0.3, 0.4) is 0 Å². The van der Waals surface area contributed by atoms with Gasteiger partial charge in [-0.1, -0.05) is 12.1 Å². The molecule has 3 rings (SSSR count). The maximum absolute atomic E-state index is 12.3. The van der Waals surface area contributed by atoms with Crippen molar-refractivity contribution in [3.63, 3.8) is 0 Å². The molecule has 4 heteroatoms. The van der Waals surface area contributed by atoms with E-state index in [9.17, 15) is 9.59 Å². The Morgan fingerprint density at radius 1 is 1.20 bits per heavy atom. The molecule has 1 saturated heterocycles. The number of rotatable bonds is 4. The zero-order valence-electron chi connectivity index (χ0n) is 11.6. The van der Waals surface area contributed by atoms with Gasteiger partial charge < -0.3 is 10.2 Å². The molecule has 1 aromatic rings. The van der Waals surface area contributed by atoms with E-state index in [0.29, 0.717) is 6.54 Å². The quantitative estimate of drug-likeness (QED) is 0.910. The van der Waals surface area contributed by atoms with Crippen molar-refractivity contribution in [3.8, 4) is 0 Å². The van der Waals surface area contributed by atoms with Crippen LogP contribution >= 0.6 is 0 Å². The highest BCUT2D eigenvalue weighted by atomic mass is 16.2. The van der Waals surface area contributed by atoms with Crippen LogP contribution in [0.1, 0.15) is 41.6 Å². The molecule has 0 bridgehead atoms. The number of hydrogen-bond donors (Lipinski definition) is 1. The smallest absolute Gasteiger partial charge is 0.253 e. The van der Waals surface area contributed by atoms with Crippen LogP contribution in [0.4, 0.5) is 0 Å². The van der Waals surface area contributed by atoms with E-state index in [1.807, 2.05) is 29.2 Å². The van der Waals surface area contributed by atoms with E-state index < -0.39 is 0 Å². The number of amides is 2. The zero-order chi connectivity index (χ0) is 13.9.